The van der Waals surface area contributed by atoms with Crippen LogP contribution in [0.15, 0.2) is 18.2 Å². The zero-order valence-electron chi connectivity index (χ0n) is 7.81. The average molecular weight is 234 g/mol. The third-order valence-electron chi connectivity index (χ3n) is 2.74. The van der Waals surface area contributed by atoms with E-state index in [1.54, 1.807) is 0 Å². The van der Waals surface area contributed by atoms with E-state index in [0.29, 0.717) is 6.07 Å². The largest absolute Gasteiger partial charge is 0.480 e. The molecule has 1 fully saturated rings. The molecule has 0 spiro atoms. The lowest BCUT2D eigenvalue weighted by Crippen LogP contribution is -2.28. The highest BCUT2D eigenvalue weighted by molar-refractivity contribution is 5.87. The Balaban J connectivity index is 2.56. The summed E-state index contributed by atoms with van der Waals surface area (Å²) in [5.41, 5.74) is -3.21. The van der Waals surface area contributed by atoms with Crippen LogP contribution in [-0.4, -0.2) is 17.0 Å². The first-order chi connectivity index (χ1) is 7.31. The van der Waals surface area contributed by atoms with Gasteiger partial charge in [-0.2, -0.15) is 0 Å². The molecule has 86 valence electrons. The molecule has 0 saturated heterocycles. The first-order valence-electron chi connectivity index (χ1n) is 4.38. The lowest BCUT2D eigenvalue weighted by molar-refractivity contribution is -0.143. The molecule has 1 unspecified atom stereocenters. The standard InChI is InChI=1S/C10H6F4O2/c11-5-1-2-6(7(12)3-5)9(8(15)16)4-10(9,13)14/h1-3H,4H2,(H,15,16). The fourth-order valence-electron chi connectivity index (χ4n) is 1.76. The molecule has 1 saturated carbocycles. The maximum absolute atomic E-state index is 13.3. The molecule has 0 aromatic heterocycles. The molecule has 0 bridgehead atoms. The van der Waals surface area contributed by atoms with Gasteiger partial charge in [-0.15, -0.1) is 0 Å². The van der Waals surface area contributed by atoms with Crippen LogP contribution >= 0.6 is 0 Å². The highest BCUT2D eigenvalue weighted by atomic mass is 19.3. The van der Waals surface area contributed by atoms with Gasteiger partial charge in [-0.25, -0.2) is 17.6 Å². The summed E-state index contributed by atoms with van der Waals surface area (Å²) in [6.45, 7) is 0. The van der Waals surface area contributed by atoms with Crippen LogP contribution in [0.3, 0.4) is 0 Å². The summed E-state index contributed by atoms with van der Waals surface area (Å²) in [6.07, 6.45) is -0.960. The number of carbonyl (C=O) groups is 1. The van der Waals surface area contributed by atoms with Gasteiger partial charge in [-0.05, 0) is 6.07 Å². The molecular formula is C10H6F4O2. The Labute approximate surface area is 87.5 Å². The molecule has 1 N–H and O–H groups in total. The predicted octanol–water partition coefficient (Wildman–Crippen LogP) is 2.33. The van der Waals surface area contributed by atoms with Crippen molar-refractivity contribution in [2.75, 3.05) is 0 Å². The summed E-state index contributed by atoms with van der Waals surface area (Å²) >= 11 is 0. The second-order valence-corrected chi connectivity index (χ2v) is 3.72. The van der Waals surface area contributed by atoms with Gasteiger partial charge in [-0.3, -0.25) is 4.79 Å². The Morgan fingerprint density at radius 2 is 1.88 bits per heavy atom. The monoisotopic (exact) mass is 234 g/mol. The van der Waals surface area contributed by atoms with Crippen molar-refractivity contribution in [1.29, 1.82) is 0 Å². The zero-order valence-corrected chi connectivity index (χ0v) is 7.81. The van der Waals surface area contributed by atoms with Gasteiger partial charge in [0.05, 0.1) is 0 Å². The molecule has 1 aromatic rings. The molecule has 1 aliphatic rings. The van der Waals surface area contributed by atoms with Gasteiger partial charge in [-0.1, -0.05) is 6.07 Å². The molecular weight excluding hydrogens is 228 g/mol. The quantitative estimate of drug-likeness (QED) is 0.797. The van der Waals surface area contributed by atoms with Crippen LogP contribution in [0.4, 0.5) is 17.6 Å². The van der Waals surface area contributed by atoms with Crippen LogP contribution in [0, 0.1) is 11.6 Å². The Morgan fingerprint density at radius 3 is 2.25 bits per heavy atom. The number of benzene rings is 1. The predicted molar refractivity (Wildman–Crippen MR) is 45.2 cm³/mol. The Kier molecular flexibility index (Phi) is 2.02. The van der Waals surface area contributed by atoms with Crippen LogP contribution in [0.5, 0.6) is 0 Å². The number of hydrogen-bond acceptors (Lipinski definition) is 1. The summed E-state index contributed by atoms with van der Waals surface area (Å²) in [6, 6.07) is 1.91. The molecule has 0 heterocycles. The number of carboxylic acids is 1. The van der Waals surface area contributed by atoms with Crippen molar-refractivity contribution >= 4 is 5.97 Å². The minimum Gasteiger partial charge on any atom is -0.480 e. The van der Waals surface area contributed by atoms with Crippen molar-refractivity contribution < 1.29 is 27.5 Å². The molecule has 6 heteroatoms. The number of hydrogen-bond donors (Lipinski definition) is 1. The number of alkyl halides is 2. The molecule has 2 nitrogen and oxygen atoms in total. The molecule has 2 rings (SSSR count). The van der Waals surface area contributed by atoms with Crippen LogP contribution in [0.25, 0.3) is 0 Å². The maximum Gasteiger partial charge on any atom is 0.320 e. The first-order valence-corrected chi connectivity index (χ1v) is 4.38. The minimum absolute atomic E-state index is 0.397. The van der Waals surface area contributed by atoms with Gasteiger partial charge in [0.15, 0.2) is 5.41 Å². The summed E-state index contributed by atoms with van der Waals surface area (Å²) in [5.74, 6) is -7.49. The van der Waals surface area contributed by atoms with E-state index < -0.39 is 40.9 Å². The molecule has 16 heavy (non-hydrogen) atoms. The second kappa shape index (κ2) is 2.96. The Bertz CT molecular complexity index is 472. The van der Waals surface area contributed by atoms with Crippen LogP contribution in [0.2, 0.25) is 0 Å². The van der Waals surface area contributed by atoms with E-state index in [9.17, 15) is 22.4 Å². The lowest BCUT2D eigenvalue weighted by atomic mass is 9.95. The number of aliphatic carboxylic acids is 1. The van der Waals surface area contributed by atoms with Gasteiger partial charge in [0.2, 0.25) is 0 Å². The van der Waals surface area contributed by atoms with Gasteiger partial charge < -0.3 is 5.11 Å². The highest BCUT2D eigenvalue weighted by Crippen LogP contribution is 2.62. The topological polar surface area (TPSA) is 37.3 Å². The van der Waals surface area contributed by atoms with E-state index in [-0.39, 0.29) is 0 Å². The summed E-state index contributed by atoms with van der Waals surface area (Å²) in [5, 5.41) is 8.75. The van der Waals surface area contributed by atoms with Crippen LogP contribution in [-0.2, 0) is 10.2 Å². The Morgan fingerprint density at radius 1 is 1.31 bits per heavy atom. The van der Waals surface area contributed by atoms with E-state index in [0.717, 1.165) is 12.1 Å². The van der Waals surface area contributed by atoms with E-state index in [1.165, 1.54) is 0 Å². The van der Waals surface area contributed by atoms with Crippen molar-refractivity contribution in [3.63, 3.8) is 0 Å². The fraction of sp³-hybridized carbons (Fsp3) is 0.300. The van der Waals surface area contributed by atoms with Gasteiger partial charge in [0.25, 0.3) is 5.92 Å². The van der Waals surface area contributed by atoms with Crippen LogP contribution in [0.1, 0.15) is 12.0 Å². The summed E-state index contributed by atoms with van der Waals surface area (Å²) < 4.78 is 51.9. The molecule has 1 aliphatic carbocycles. The molecule has 0 aliphatic heterocycles. The van der Waals surface area contributed by atoms with E-state index >= 15 is 0 Å². The molecule has 0 radical (unpaired) electrons. The van der Waals surface area contributed by atoms with Crippen molar-refractivity contribution in [2.24, 2.45) is 0 Å². The summed E-state index contributed by atoms with van der Waals surface area (Å²) in [7, 11) is 0. The van der Waals surface area contributed by atoms with Gasteiger partial charge in [0.1, 0.15) is 11.6 Å². The maximum atomic E-state index is 13.3. The third kappa shape index (κ3) is 1.22. The van der Waals surface area contributed by atoms with Gasteiger partial charge in [0, 0.05) is 18.1 Å². The second-order valence-electron chi connectivity index (χ2n) is 3.72. The molecule has 1 atom stereocenters. The van der Waals surface area contributed by atoms with E-state index in [4.69, 9.17) is 5.11 Å². The van der Waals surface area contributed by atoms with E-state index in [2.05, 4.69) is 0 Å². The van der Waals surface area contributed by atoms with E-state index in [1.807, 2.05) is 0 Å². The van der Waals surface area contributed by atoms with Crippen molar-refractivity contribution in [1.82, 2.24) is 0 Å². The van der Waals surface area contributed by atoms with Crippen molar-refractivity contribution in [3.05, 3.63) is 35.4 Å². The summed E-state index contributed by atoms with van der Waals surface area (Å²) in [4.78, 5) is 10.8. The number of carboxylic acid groups (broad SMARTS) is 1. The molecule has 1 aromatic carbocycles. The van der Waals surface area contributed by atoms with Crippen molar-refractivity contribution in [2.45, 2.75) is 17.8 Å². The molecule has 0 amide bonds. The lowest BCUT2D eigenvalue weighted by Gasteiger charge is -2.12. The normalized spacial score (nSPS) is 26.5. The van der Waals surface area contributed by atoms with Crippen molar-refractivity contribution in [3.8, 4) is 0 Å². The third-order valence-corrected chi connectivity index (χ3v) is 2.74. The number of halogens is 4. The minimum atomic E-state index is -3.49. The highest BCUT2D eigenvalue weighted by Gasteiger charge is 2.78. The first kappa shape index (κ1) is 10.9. The smallest absolute Gasteiger partial charge is 0.320 e. The SMILES string of the molecule is O=C(O)C1(c2ccc(F)cc2F)CC1(F)F. The zero-order chi connectivity index (χ0) is 12.1. The van der Waals surface area contributed by atoms with Gasteiger partial charge >= 0.3 is 5.97 Å². The fourth-order valence-corrected chi connectivity index (χ4v) is 1.76. The van der Waals surface area contributed by atoms with Crippen LogP contribution < -0.4 is 0 Å². The Hall–Kier alpha value is -1.59. The average Bonchev–Trinajstić information content (AvgIpc) is 2.70. The number of rotatable bonds is 2.